The zero-order valence-corrected chi connectivity index (χ0v) is 18.8. The standard InChI is InChI=1S/C25H26N2O6/c1-30-18-5-7-19(8-6-18)33-15-21-20-13-23(32-3)22(31-2)12-16(20)10-11-27(21)25(29)17-4-9-24(28)26-14-17/h4-9,12-14,21H,10-11,15H2,1-3H3,(H,26,28). The lowest BCUT2D eigenvalue weighted by molar-refractivity contribution is 0.0589. The molecule has 4 rings (SSSR count). The molecule has 1 aliphatic heterocycles. The van der Waals surface area contributed by atoms with Gasteiger partial charge >= 0.3 is 0 Å². The number of methoxy groups -OCH3 is 3. The summed E-state index contributed by atoms with van der Waals surface area (Å²) >= 11 is 0. The van der Waals surface area contributed by atoms with Gasteiger partial charge in [-0.25, -0.2) is 0 Å². The number of rotatable bonds is 7. The first-order chi connectivity index (χ1) is 16.0. The number of ether oxygens (including phenoxy) is 4. The molecule has 1 amide bonds. The van der Waals surface area contributed by atoms with E-state index < -0.39 is 0 Å². The van der Waals surface area contributed by atoms with Crippen molar-refractivity contribution in [3.63, 3.8) is 0 Å². The molecule has 0 aliphatic carbocycles. The molecule has 0 saturated carbocycles. The van der Waals surface area contributed by atoms with E-state index in [1.54, 1.807) is 26.2 Å². The zero-order valence-electron chi connectivity index (χ0n) is 18.8. The van der Waals surface area contributed by atoms with Gasteiger partial charge in [-0.15, -0.1) is 0 Å². The predicted molar refractivity (Wildman–Crippen MR) is 123 cm³/mol. The van der Waals surface area contributed by atoms with Crippen LogP contribution in [0.4, 0.5) is 0 Å². The van der Waals surface area contributed by atoms with Crippen molar-refractivity contribution in [3.8, 4) is 23.0 Å². The third-order valence-corrected chi connectivity index (χ3v) is 5.76. The quantitative estimate of drug-likeness (QED) is 0.595. The van der Waals surface area contributed by atoms with Crippen molar-refractivity contribution in [2.75, 3.05) is 34.5 Å². The smallest absolute Gasteiger partial charge is 0.255 e. The molecule has 8 nitrogen and oxygen atoms in total. The Balaban J connectivity index is 1.68. The van der Waals surface area contributed by atoms with E-state index in [1.807, 2.05) is 36.4 Å². The highest BCUT2D eigenvalue weighted by Gasteiger charge is 2.33. The maximum atomic E-state index is 13.4. The van der Waals surface area contributed by atoms with Gasteiger partial charge in [0.1, 0.15) is 18.1 Å². The molecule has 8 heteroatoms. The summed E-state index contributed by atoms with van der Waals surface area (Å²) in [6, 6.07) is 13.7. The van der Waals surface area contributed by atoms with E-state index in [9.17, 15) is 9.59 Å². The van der Waals surface area contributed by atoms with E-state index in [2.05, 4.69) is 4.98 Å². The molecular formula is C25H26N2O6. The number of H-pyrrole nitrogens is 1. The molecule has 33 heavy (non-hydrogen) atoms. The molecule has 2 aromatic carbocycles. The van der Waals surface area contributed by atoms with Crippen molar-refractivity contribution in [2.45, 2.75) is 12.5 Å². The molecule has 0 bridgehead atoms. The maximum Gasteiger partial charge on any atom is 0.255 e. The molecule has 1 N–H and O–H groups in total. The highest BCUT2D eigenvalue weighted by molar-refractivity contribution is 5.94. The summed E-state index contributed by atoms with van der Waals surface area (Å²) in [4.78, 5) is 29.2. The van der Waals surface area contributed by atoms with Gasteiger partial charge in [0, 0.05) is 18.8 Å². The summed E-state index contributed by atoms with van der Waals surface area (Å²) in [5, 5.41) is 0. The number of nitrogens with one attached hydrogen (secondary N) is 1. The second-order valence-corrected chi connectivity index (χ2v) is 7.60. The molecule has 1 atom stereocenters. The van der Waals surface area contributed by atoms with Crippen molar-refractivity contribution < 1.29 is 23.7 Å². The molecule has 1 unspecified atom stereocenters. The molecular weight excluding hydrogens is 424 g/mol. The Morgan fingerprint density at radius 3 is 2.30 bits per heavy atom. The van der Waals surface area contributed by atoms with Crippen LogP contribution in [0.3, 0.4) is 0 Å². The van der Waals surface area contributed by atoms with E-state index in [-0.39, 0.29) is 24.1 Å². The van der Waals surface area contributed by atoms with Crippen LogP contribution < -0.4 is 24.5 Å². The minimum absolute atomic E-state index is 0.185. The fourth-order valence-corrected chi connectivity index (χ4v) is 4.01. The van der Waals surface area contributed by atoms with Crippen LogP contribution in [0.25, 0.3) is 0 Å². The summed E-state index contributed by atoms with van der Waals surface area (Å²) < 4.78 is 22.3. The van der Waals surface area contributed by atoms with E-state index in [0.717, 1.165) is 16.9 Å². The molecule has 1 aromatic heterocycles. The Morgan fingerprint density at radius 1 is 0.970 bits per heavy atom. The lowest BCUT2D eigenvalue weighted by Gasteiger charge is -2.37. The number of aromatic amines is 1. The minimum atomic E-state index is -0.366. The molecule has 0 saturated heterocycles. The van der Waals surface area contributed by atoms with Crippen LogP contribution in [0, 0.1) is 0 Å². The number of nitrogens with zero attached hydrogens (tertiary/aromatic N) is 1. The first-order valence-corrected chi connectivity index (χ1v) is 10.6. The van der Waals surface area contributed by atoms with E-state index in [1.165, 1.54) is 18.3 Å². The number of carbonyl (C=O) groups excluding carboxylic acids is 1. The number of aromatic nitrogens is 1. The van der Waals surface area contributed by atoms with Crippen molar-refractivity contribution in [1.29, 1.82) is 0 Å². The Morgan fingerprint density at radius 2 is 1.67 bits per heavy atom. The third kappa shape index (κ3) is 4.64. The number of amides is 1. The monoisotopic (exact) mass is 450 g/mol. The molecule has 2 heterocycles. The van der Waals surface area contributed by atoms with Crippen molar-refractivity contribution in [2.24, 2.45) is 0 Å². The van der Waals surface area contributed by atoms with E-state index in [4.69, 9.17) is 18.9 Å². The summed E-state index contributed by atoms with van der Waals surface area (Å²) in [7, 11) is 4.79. The van der Waals surface area contributed by atoms with Crippen LogP contribution in [0.2, 0.25) is 0 Å². The van der Waals surface area contributed by atoms with Gasteiger partial charge in [-0.1, -0.05) is 0 Å². The number of benzene rings is 2. The summed E-state index contributed by atoms with van der Waals surface area (Å²) in [6.45, 7) is 0.737. The Labute approximate surface area is 191 Å². The Hall–Kier alpha value is -3.94. The summed E-state index contributed by atoms with van der Waals surface area (Å²) in [5.41, 5.74) is 2.16. The van der Waals surface area contributed by atoms with Gasteiger partial charge in [-0.05, 0) is 60.0 Å². The first-order valence-electron chi connectivity index (χ1n) is 10.6. The fourth-order valence-electron chi connectivity index (χ4n) is 4.01. The van der Waals surface area contributed by atoms with Crippen LogP contribution >= 0.6 is 0 Å². The number of hydrogen-bond donors (Lipinski definition) is 1. The van der Waals surface area contributed by atoms with Crippen LogP contribution in [0.15, 0.2) is 59.5 Å². The highest BCUT2D eigenvalue weighted by atomic mass is 16.5. The lowest BCUT2D eigenvalue weighted by atomic mass is 9.91. The van der Waals surface area contributed by atoms with Crippen LogP contribution in [-0.2, 0) is 6.42 Å². The second-order valence-electron chi connectivity index (χ2n) is 7.60. The van der Waals surface area contributed by atoms with Crippen molar-refractivity contribution >= 4 is 5.91 Å². The maximum absolute atomic E-state index is 13.4. The third-order valence-electron chi connectivity index (χ3n) is 5.76. The van der Waals surface area contributed by atoms with Gasteiger partial charge in [-0.2, -0.15) is 0 Å². The molecule has 0 spiro atoms. The second kappa shape index (κ2) is 9.68. The highest BCUT2D eigenvalue weighted by Crippen LogP contribution is 2.39. The van der Waals surface area contributed by atoms with Crippen LogP contribution in [0.5, 0.6) is 23.0 Å². The normalized spacial score (nSPS) is 14.9. The molecule has 172 valence electrons. The summed E-state index contributed by atoms with van der Waals surface area (Å²) in [6.07, 6.45) is 2.10. The average Bonchev–Trinajstić information content (AvgIpc) is 2.86. The minimum Gasteiger partial charge on any atom is -0.497 e. The van der Waals surface area contributed by atoms with Crippen LogP contribution in [0.1, 0.15) is 27.5 Å². The molecule has 0 radical (unpaired) electrons. The number of carbonyl (C=O) groups is 1. The van der Waals surface area contributed by atoms with Gasteiger partial charge in [-0.3, -0.25) is 9.59 Å². The summed E-state index contributed by atoms with van der Waals surface area (Å²) in [5.74, 6) is 2.45. The van der Waals surface area contributed by atoms with Crippen LogP contribution in [-0.4, -0.2) is 50.3 Å². The zero-order chi connectivity index (χ0) is 23.4. The Bertz CT molecular complexity index is 1170. The molecule has 1 aliphatic rings. The van der Waals surface area contributed by atoms with Gasteiger partial charge in [0.2, 0.25) is 5.56 Å². The first kappa shape index (κ1) is 22.3. The van der Waals surface area contributed by atoms with Gasteiger partial charge in [0.15, 0.2) is 11.5 Å². The number of fused-ring (bicyclic) bond motifs is 1. The predicted octanol–water partition coefficient (Wildman–Crippen LogP) is 3.22. The topological polar surface area (TPSA) is 90.1 Å². The Kier molecular flexibility index (Phi) is 6.53. The van der Waals surface area contributed by atoms with E-state index in [0.29, 0.717) is 35.8 Å². The lowest BCUT2D eigenvalue weighted by Crippen LogP contribution is -2.42. The van der Waals surface area contributed by atoms with E-state index >= 15 is 0 Å². The van der Waals surface area contributed by atoms with Gasteiger partial charge < -0.3 is 28.8 Å². The molecule has 0 fully saturated rings. The van der Waals surface area contributed by atoms with Gasteiger partial charge in [0.25, 0.3) is 5.91 Å². The average molecular weight is 450 g/mol. The number of hydrogen-bond acceptors (Lipinski definition) is 6. The van der Waals surface area contributed by atoms with Crippen molar-refractivity contribution in [1.82, 2.24) is 9.88 Å². The largest absolute Gasteiger partial charge is 0.497 e. The SMILES string of the molecule is COc1ccc(OCC2c3cc(OC)c(OC)cc3CCN2C(=O)c2ccc(=O)[nH]c2)cc1. The number of pyridine rings is 1. The fraction of sp³-hybridized carbons (Fsp3) is 0.280. The molecule has 3 aromatic rings. The van der Waals surface area contributed by atoms with Gasteiger partial charge in [0.05, 0.1) is 32.9 Å². The van der Waals surface area contributed by atoms with Crippen molar-refractivity contribution in [3.05, 3.63) is 81.8 Å².